The van der Waals surface area contributed by atoms with Crippen molar-refractivity contribution in [3.63, 3.8) is 0 Å². The minimum atomic E-state index is -0.803. The number of phenolic OH excluding ortho intramolecular Hbond substituents is 2. The fourth-order valence-electron chi connectivity index (χ4n) is 2.69. The molecule has 0 amide bonds. The number of phenols is 2. The van der Waals surface area contributed by atoms with Crippen LogP contribution in [0.15, 0.2) is 18.2 Å². The van der Waals surface area contributed by atoms with Gasteiger partial charge >= 0.3 is 5.97 Å². The summed E-state index contributed by atoms with van der Waals surface area (Å²) in [5.74, 6) is -2.01. The molecule has 1 aliphatic heterocycles. The van der Waals surface area contributed by atoms with Gasteiger partial charge in [-0.25, -0.2) is 4.79 Å². The Balaban J connectivity index is 2.46. The summed E-state index contributed by atoms with van der Waals surface area (Å²) in [6.07, 6.45) is 3.26. The number of ketones is 1. The van der Waals surface area contributed by atoms with Crippen molar-refractivity contribution in [2.75, 3.05) is 6.61 Å². The average Bonchev–Trinajstić information content (AvgIpc) is 2.50. The van der Waals surface area contributed by atoms with Gasteiger partial charge in [-0.2, -0.15) is 0 Å². The van der Waals surface area contributed by atoms with Gasteiger partial charge in [-0.15, -0.1) is 0 Å². The topological polar surface area (TPSA) is 93.1 Å². The first kappa shape index (κ1) is 19.3. The second kappa shape index (κ2) is 8.36. The van der Waals surface area contributed by atoms with Gasteiger partial charge in [-0.3, -0.25) is 4.79 Å². The van der Waals surface area contributed by atoms with Gasteiger partial charge in [0.25, 0.3) is 0 Å². The molecule has 1 aliphatic rings. The number of ether oxygens (including phenoxy) is 2. The lowest BCUT2D eigenvalue weighted by atomic mass is 10.00. The summed E-state index contributed by atoms with van der Waals surface area (Å²) in [5, 5.41) is 19.7. The Morgan fingerprint density at radius 2 is 1.88 bits per heavy atom. The molecule has 0 fully saturated rings. The van der Waals surface area contributed by atoms with Crippen LogP contribution in [0.1, 0.15) is 42.6 Å². The molecule has 0 spiro atoms. The van der Waals surface area contributed by atoms with E-state index >= 15 is 0 Å². The summed E-state index contributed by atoms with van der Waals surface area (Å²) in [5.41, 5.74) is -0.158. The Bertz CT molecular complexity index is 697. The highest BCUT2D eigenvalue weighted by atomic mass is 35.5. The van der Waals surface area contributed by atoms with Crippen molar-refractivity contribution < 1.29 is 29.3 Å². The van der Waals surface area contributed by atoms with E-state index in [-0.39, 0.29) is 34.5 Å². The quantitative estimate of drug-likeness (QED) is 0.683. The number of benzene rings is 1. The zero-order valence-corrected chi connectivity index (χ0v) is 14.9. The minimum absolute atomic E-state index is 0.0485. The molecule has 0 radical (unpaired) electrons. The van der Waals surface area contributed by atoms with Crippen LogP contribution in [0.25, 0.3) is 0 Å². The smallest absolute Gasteiger partial charge is 0.342 e. The van der Waals surface area contributed by atoms with Crippen LogP contribution in [-0.2, 0) is 20.7 Å². The van der Waals surface area contributed by atoms with Gasteiger partial charge in [-0.05, 0) is 26.3 Å². The van der Waals surface area contributed by atoms with Crippen molar-refractivity contribution in [3.05, 3.63) is 34.4 Å². The Morgan fingerprint density at radius 3 is 2.60 bits per heavy atom. The van der Waals surface area contributed by atoms with Gasteiger partial charge in [0.15, 0.2) is 5.78 Å². The maximum absolute atomic E-state index is 12.5. The molecule has 0 aliphatic carbocycles. The number of esters is 1. The van der Waals surface area contributed by atoms with Crippen molar-refractivity contribution >= 4 is 23.4 Å². The average molecular weight is 369 g/mol. The lowest BCUT2D eigenvalue weighted by Crippen LogP contribution is -2.23. The van der Waals surface area contributed by atoms with Gasteiger partial charge < -0.3 is 19.7 Å². The number of halogens is 1. The van der Waals surface area contributed by atoms with Crippen molar-refractivity contribution in [1.82, 2.24) is 0 Å². The van der Waals surface area contributed by atoms with Crippen molar-refractivity contribution in [3.8, 4) is 11.5 Å². The second-order valence-electron chi connectivity index (χ2n) is 6.05. The molecule has 136 valence electrons. The molecule has 2 rings (SSSR count). The molecular formula is C18H21ClO6. The molecule has 0 saturated carbocycles. The predicted octanol–water partition coefficient (Wildman–Crippen LogP) is 3.16. The van der Waals surface area contributed by atoms with Crippen molar-refractivity contribution in [1.29, 1.82) is 0 Å². The van der Waals surface area contributed by atoms with Crippen LogP contribution in [0.4, 0.5) is 0 Å². The number of hydrogen-bond acceptors (Lipinski definition) is 6. The van der Waals surface area contributed by atoms with Crippen LogP contribution >= 0.6 is 11.6 Å². The Kier molecular flexibility index (Phi) is 6.45. The molecule has 1 heterocycles. The number of hydrogen-bond donors (Lipinski definition) is 2. The van der Waals surface area contributed by atoms with E-state index in [1.165, 1.54) is 6.08 Å². The molecule has 0 aromatic heterocycles. The SMILES string of the molecule is CC1CC(C)OC(=O)c2c(O)cc(O)c(Cl)c2CC(=O)/C=C/CCO1. The summed E-state index contributed by atoms with van der Waals surface area (Å²) >= 11 is 6.06. The predicted molar refractivity (Wildman–Crippen MR) is 92.2 cm³/mol. The van der Waals surface area contributed by atoms with E-state index in [2.05, 4.69) is 0 Å². The molecule has 2 atom stereocenters. The van der Waals surface area contributed by atoms with E-state index in [4.69, 9.17) is 21.1 Å². The molecule has 6 nitrogen and oxygen atoms in total. The monoisotopic (exact) mass is 368 g/mol. The Labute approximate surface area is 151 Å². The fourth-order valence-corrected chi connectivity index (χ4v) is 2.90. The maximum Gasteiger partial charge on any atom is 0.342 e. The largest absolute Gasteiger partial charge is 0.507 e. The van der Waals surface area contributed by atoms with E-state index < -0.39 is 23.6 Å². The van der Waals surface area contributed by atoms with E-state index in [0.29, 0.717) is 19.4 Å². The van der Waals surface area contributed by atoms with Gasteiger partial charge in [-0.1, -0.05) is 17.7 Å². The molecular weight excluding hydrogens is 348 g/mol. The number of aromatic hydroxyl groups is 2. The molecule has 2 N–H and O–H groups in total. The van der Waals surface area contributed by atoms with E-state index in [0.717, 1.165) is 6.07 Å². The van der Waals surface area contributed by atoms with Gasteiger partial charge in [0, 0.05) is 24.5 Å². The lowest BCUT2D eigenvalue weighted by Gasteiger charge is -2.20. The van der Waals surface area contributed by atoms with Gasteiger partial charge in [0.1, 0.15) is 23.2 Å². The molecule has 25 heavy (non-hydrogen) atoms. The molecule has 1 aromatic carbocycles. The number of allylic oxidation sites excluding steroid dienone is 1. The van der Waals surface area contributed by atoms with Crippen LogP contribution < -0.4 is 0 Å². The summed E-state index contributed by atoms with van der Waals surface area (Å²) < 4.78 is 11.0. The Morgan fingerprint density at radius 1 is 1.16 bits per heavy atom. The first-order chi connectivity index (χ1) is 11.8. The van der Waals surface area contributed by atoms with E-state index in [1.807, 2.05) is 6.92 Å². The molecule has 1 aromatic rings. The highest BCUT2D eigenvalue weighted by Crippen LogP contribution is 2.37. The third-order valence-corrected chi connectivity index (χ3v) is 4.26. The highest BCUT2D eigenvalue weighted by Gasteiger charge is 2.26. The van der Waals surface area contributed by atoms with Crippen LogP contribution in [0.5, 0.6) is 11.5 Å². The van der Waals surface area contributed by atoms with Gasteiger partial charge in [0.05, 0.1) is 17.7 Å². The number of carbonyl (C=O) groups is 2. The number of carbonyl (C=O) groups excluding carboxylic acids is 2. The normalized spacial score (nSPS) is 24.1. The summed E-state index contributed by atoms with van der Waals surface area (Å²) in [6, 6.07) is 0.961. The molecule has 0 saturated heterocycles. The zero-order valence-electron chi connectivity index (χ0n) is 14.1. The second-order valence-corrected chi connectivity index (χ2v) is 6.43. The molecule has 0 bridgehead atoms. The van der Waals surface area contributed by atoms with E-state index in [1.54, 1.807) is 13.0 Å². The van der Waals surface area contributed by atoms with Gasteiger partial charge in [0.2, 0.25) is 0 Å². The summed E-state index contributed by atoms with van der Waals surface area (Å²) in [4.78, 5) is 24.6. The number of cyclic esters (lactones) is 1. The third-order valence-electron chi connectivity index (χ3n) is 3.84. The zero-order chi connectivity index (χ0) is 18.6. The van der Waals surface area contributed by atoms with Crippen molar-refractivity contribution in [2.45, 2.75) is 45.3 Å². The fraction of sp³-hybridized carbons (Fsp3) is 0.444. The summed E-state index contributed by atoms with van der Waals surface area (Å²) in [6.45, 7) is 4.03. The summed E-state index contributed by atoms with van der Waals surface area (Å²) in [7, 11) is 0. The lowest BCUT2D eigenvalue weighted by molar-refractivity contribution is -0.114. The maximum atomic E-state index is 12.5. The Hall–Kier alpha value is -2.05. The molecule has 2 unspecified atom stereocenters. The van der Waals surface area contributed by atoms with Crippen LogP contribution in [-0.4, -0.2) is 40.8 Å². The van der Waals surface area contributed by atoms with E-state index in [9.17, 15) is 19.8 Å². The van der Waals surface area contributed by atoms with Crippen LogP contribution in [0.3, 0.4) is 0 Å². The first-order valence-corrected chi connectivity index (χ1v) is 8.42. The van der Waals surface area contributed by atoms with Crippen molar-refractivity contribution in [2.24, 2.45) is 0 Å². The highest BCUT2D eigenvalue weighted by molar-refractivity contribution is 6.33. The number of fused-ring (bicyclic) bond motifs is 1. The first-order valence-electron chi connectivity index (χ1n) is 8.04. The standard InChI is InChI=1S/C18H21ClO6/c1-10-7-11(2)25-18(23)16-13(17(19)15(22)9-14(16)21)8-12(20)5-3-4-6-24-10/h3,5,9-11,21-22H,4,6-8H2,1-2H3/b5-3+. The van der Waals surface area contributed by atoms with Crippen LogP contribution in [0, 0.1) is 0 Å². The van der Waals surface area contributed by atoms with Crippen LogP contribution in [0.2, 0.25) is 5.02 Å². The minimum Gasteiger partial charge on any atom is -0.507 e. The number of rotatable bonds is 0. The molecule has 7 heteroatoms. The third kappa shape index (κ3) is 4.96.